The van der Waals surface area contributed by atoms with Crippen molar-refractivity contribution in [2.45, 2.75) is 25.3 Å². The van der Waals surface area contributed by atoms with E-state index < -0.39 is 10.0 Å². The second-order valence-corrected chi connectivity index (χ2v) is 8.17. The second kappa shape index (κ2) is 6.82. The minimum Gasteiger partial charge on any atom is -0.241 e. The van der Waals surface area contributed by atoms with Crippen LogP contribution in [0.1, 0.15) is 16.7 Å². The summed E-state index contributed by atoms with van der Waals surface area (Å²) in [5.74, 6) is 0. The van der Waals surface area contributed by atoms with Crippen molar-refractivity contribution in [2.75, 3.05) is 7.05 Å². The van der Waals surface area contributed by atoms with Gasteiger partial charge in [-0.2, -0.15) is 9.40 Å². The Labute approximate surface area is 148 Å². The average Bonchev–Trinajstić information content (AvgIpc) is 3.04. The SMILES string of the molecule is Cc1ccc(S(=O)(=O)N(C)Cc2cnn(-c3ccccc3)c2)c(C)c1. The number of rotatable bonds is 5. The van der Waals surface area contributed by atoms with Crippen molar-refractivity contribution in [3.05, 3.63) is 77.6 Å². The molecule has 0 aliphatic rings. The molecule has 0 aliphatic heterocycles. The topological polar surface area (TPSA) is 55.2 Å². The van der Waals surface area contributed by atoms with E-state index in [-0.39, 0.29) is 6.54 Å². The normalized spacial score (nSPS) is 11.8. The maximum Gasteiger partial charge on any atom is 0.243 e. The Kier molecular flexibility index (Phi) is 4.74. The quantitative estimate of drug-likeness (QED) is 0.705. The summed E-state index contributed by atoms with van der Waals surface area (Å²) in [4.78, 5) is 0.344. The maximum absolute atomic E-state index is 12.8. The van der Waals surface area contributed by atoms with E-state index in [9.17, 15) is 8.42 Å². The Morgan fingerprint density at radius 3 is 2.48 bits per heavy atom. The first-order valence-corrected chi connectivity index (χ1v) is 9.44. The van der Waals surface area contributed by atoms with Crippen LogP contribution in [0.5, 0.6) is 0 Å². The number of benzene rings is 2. The highest BCUT2D eigenvalue weighted by Gasteiger charge is 2.23. The molecule has 0 fully saturated rings. The van der Waals surface area contributed by atoms with E-state index in [1.165, 1.54) is 4.31 Å². The third kappa shape index (κ3) is 3.65. The number of aryl methyl sites for hydroxylation is 2. The van der Waals surface area contributed by atoms with Gasteiger partial charge in [0.15, 0.2) is 0 Å². The maximum atomic E-state index is 12.8. The lowest BCUT2D eigenvalue weighted by atomic mass is 10.2. The summed E-state index contributed by atoms with van der Waals surface area (Å²) in [7, 11) is -1.95. The van der Waals surface area contributed by atoms with Gasteiger partial charge < -0.3 is 0 Å². The summed E-state index contributed by atoms with van der Waals surface area (Å²) in [6, 6.07) is 15.1. The molecule has 0 N–H and O–H groups in total. The highest BCUT2D eigenvalue weighted by atomic mass is 32.2. The molecule has 130 valence electrons. The fourth-order valence-electron chi connectivity index (χ4n) is 2.76. The third-order valence-corrected chi connectivity index (χ3v) is 6.04. The van der Waals surface area contributed by atoms with E-state index >= 15 is 0 Å². The van der Waals surface area contributed by atoms with Gasteiger partial charge in [0.05, 0.1) is 16.8 Å². The van der Waals surface area contributed by atoms with Crippen LogP contribution in [0.3, 0.4) is 0 Å². The Balaban J connectivity index is 1.82. The number of hydrogen-bond donors (Lipinski definition) is 0. The molecule has 0 atom stereocenters. The number of aromatic nitrogens is 2. The summed E-state index contributed by atoms with van der Waals surface area (Å²) in [6.07, 6.45) is 3.55. The molecule has 1 aromatic heterocycles. The zero-order chi connectivity index (χ0) is 18.0. The van der Waals surface area contributed by atoms with Gasteiger partial charge in [-0.05, 0) is 37.6 Å². The number of hydrogen-bond acceptors (Lipinski definition) is 3. The first-order chi connectivity index (χ1) is 11.9. The fourth-order valence-corrected chi connectivity index (χ4v) is 4.12. The molecule has 3 rings (SSSR count). The summed E-state index contributed by atoms with van der Waals surface area (Å²) < 4.78 is 28.8. The van der Waals surface area contributed by atoms with Crippen LogP contribution in [0.25, 0.3) is 5.69 Å². The molecule has 1 heterocycles. The van der Waals surface area contributed by atoms with Gasteiger partial charge in [0.25, 0.3) is 0 Å². The van der Waals surface area contributed by atoms with Crippen LogP contribution >= 0.6 is 0 Å². The van der Waals surface area contributed by atoms with Gasteiger partial charge in [-0.3, -0.25) is 0 Å². The Morgan fingerprint density at radius 1 is 1.08 bits per heavy atom. The second-order valence-electron chi connectivity index (χ2n) is 6.16. The highest BCUT2D eigenvalue weighted by Crippen LogP contribution is 2.21. The Morgan fingerprint density at radius 2 is 1.80 bits per heavy atom. The van der Waals surface area contributed by atoms with Crippen molar-refractivity contribution in [2.24, 2.45) is 0 Å². The van der Waals surface area contributed by atoms with Crippen molar-refractivity contribution in [3.8, 4) is 5.69 Å². The molecule has 6 heteroatoms. The molecule has 0 radical (unpaired) electrons. The van der Waals surface area contributed by atoms with Crippen LogP contribution in [0.15, 0.2) is 65.8 Å². The summed E-state index contributed by atoms with van der Waals surface area (Å²) in [5.41, 5.74) is 3.57. The van der Waals surface area contributed by atoms with Crippen LogP contribution < -0.4 is 0 Å². The molecule has 0 saturated carbocycles. The molecule has 0 aliphatic carbocycles. The zero-order valence-corrected chi connectivity index (χ0v) is 15.4. The molecular weight excluding hydrogens is 334 g/mol. The molecule has 0 saturated heterocycles. The van der Waals surface area contributed by atoms with Gasteiger partial charge >= 0.3 is 0 Å². The first kappa shape index (κ1) is 17.4. The lowest BCUT2D eigenvalue weighted by Gasteiger charge is -2.18. The first-order valence-electron chi connectivity index (χ1n) is 8.00. The molecule has 0 spiro atoms. The molecule has 2 aromatic carbocycles. The van der Waals surface area contributed by atoms with Gasteiger partial charge in [0, 0.05) is 25.4 Å². The minimum atomic E-state index is -3.54. The largest absolute Gasteiger partial charge is 0.243 e. The van der Waals surface area contributed by atoms with Gasteiger partial charge in [-0.25, -0.2) is 13.1 Å². The van der Waals surface area contributed by atoms with E-state index in [0.717, 1.165) is 22.4 Å². The van der Waals surface area contributed by atoms with Crippen molar-refractivity contribution in [1.82, 2.24) is 14.1 Å². The number of nitrogens with zero attached hydrogens (tertiary/aromatic N) is 3. The highest BCUT2D eigenvalue weighted by molar-refractivity contribution is 7.89. The van der Waals surface area contributed by atoms with Gasteiger partial charge in [0.1, 0.15) is 0 Å². The van der Waals surface area contributed by atoms with E-state index in [4.69, 9.17) is 0 Å². The lowest BCUT2D eigenvalue weighted by molar-refractivity contribution is 0.466. The van der Waals surface area contributed by atoms with Crippen molar-refractivity contribution in [3.63, 3.8) is 0 Å². The molecule has 0 amide bonds. The molecule has 25 heavy (non-hydrogen) atoms. The Hall–Kier alpha value is -2.44. The fraction of sp³-hybridized carbons (Fsp3) is 0.211. The van der Waals surface area contributed by atoms with E-state index in [0.29, 0.717) is 4.90 Å². The molecule has 3 aromatic rings. The smallest absolute Gasteiger partial charge is 0.241 e. The average molecular weight is 355 g/mol. The summed E-state index contributed by atoms with van der Waals surface area (Å²) in [6.45, 7) is 4.04. The standard InChI is InChI=1S/C19H21N3O2S/c1-15-9-10-19(16(2)11-15)25(23,24)21(3)13-17-12-20-22(14-17)18-7-5-4-6-8-18/h4-12,14H,13H2,1-3H3. The summed E-state index contributed by atoms with van der Waals surface area (Å²) in [5, 5.41) is 4.32. The van der Waals surface area contributed by atoms with Crippen LogP contribution in [0, 0.1) is 13.8 Å². The molecule has 0 bridgehead atoms. The van der Waals surface area contributed by atoms with E-state index in [1.807, 2.05) is 62.5 Å². The molecule has 0 unspecified atom stereocenters. The third-order valence-electron chi connectivity index (χ3n) is 4.08. The zero-order valence-electron chi connectivity index (χ0n) is 14.5. The predicted octanol–water partition coefficient (Wildman–Crippen LogP) is 3.31. The lowest BCUT2D eigenvalue weighted by Crippen LogP contribution is -2.27. The van der Waals surface area contributed by atoms with Gasteiger partial charge in [-0.1, -0.05) is 35.9 Å². The van der Waals surface area contributed by atoms with Crippen LogP contribution in [0.2, 0.25) is 0 Å². The van der Waals surface area contributed by atoms with E-state index in [1.54, 1.807) is 24.0 Å². The van der Waals surface area contributed by atoms with Crippen LogP contribution in [-0.4, -0.2) is 29.6 Å². The molecule has 5 nitrogen and oxygen atoms in total. The minimum absolute atomic E-state index is 0.266. The van der Waals surface area contributed by atoms with Crippen molar-refractivity contribution in [1.29, 1.82) is 0 Å². The van der Waals surface area contributed by atoms with Crippen LogP contribution in [-0.2, 0) is 16.6 Å². The van der Waals surface area contributed by atoms with Gasteiger partial charge in [0.2, 0.25) is 10.0 Å². The Bertz CT molecular complexity index is 979. The van der Waals surface area contributed by atoms with Gasteiger partial charge in [-0.15, -0.1) is 0 Å². The number of sulfonamides is 1. The van der Waals surface area contributed by atoms with Crippen molar-refractivity contribution < 1.29 is 8.42 Å². The number of para-hydroxylation sites is 1. The van der Waals surface area contributed by atoms with Crippen LogP contribution in [0.4, 0.5) is 0 Å². The summed E-state index contributed by atoms with van der Waals surface area (Å²) >= 11 is 0. The predicted molar refractivity (Wildman–Crippen MR) is 98.1 cm³/mol. The monoisotopic (exact) mass is 355 g/mol. The van der Waals surface area contributed by atoms with E-state index in [2.05, 4.69) is 5.10 Å². The molecular formula is C19H21N3O2S. The van der Waals surface area contributed by atoms with Crippen molar-refractivity contribution >= 4 is 10.0 Å².